The molecule has 1 fully saturated rings. The third kappa shape index (κ3) is 2.47. The number of ether oxygens (including phenoxy) is 1. The number of nitrogens with zero attached hydrogens (tertiary/aromatic N) is 2. The monoisotopic (exact) mass is 253 g/mol. The molecule has 2 N–H and O–H groups in total. The van der Waals surface area contributed by atoms with Crippen LogP contribution < -0.4 is 15.5 Å². The van der Waals surface area contributed by atoms with E-state index in [-0.39, 0.29) is 0 Å². The molecule has 2 rings (SSSR count). The second-order valence-corrected chi connectivity index (χ2v) is 4.43. The summed E-state index contributed by atoms with van der Waals surface area (Å²) in [5.74, 6) is 5.95. The number of benzene rings is 1. The van der Waals surface area contributed by atoms with Crippen LogP contribution in [0.4, 0.5) is 5.69 Å². The topological polar surface area (TPSA) is 50.9 Å². The molecule has 4 nitrogen and oxygen atoms in total. The van der Waals surface area contributed by atoms with Gasteiger partial charge < -0.3 is 15.5 Å². The molecule has 0 aromatic heterocycles. The molecule has 0 amide bonds. The summed E-state index contributed by atoms with van der Waals surface area (Å²) in [6.07, 6.45) is 3.96. The molecule has 92 valence electrons. The molecule has 1 aromatic carbocycles. The van der Waals surface area contributed by atoms with E-state index in [1.54, 1.807) is 7.11 Å². The van der Waals surface area contributed by atoms with Crippen LogP contribution in [0.1, 0.15) is 18.4 Å². The number of nitrogens with two attached hydrogens (primary N) is 1. The summed E-state index contributed by atoms with van der Waals surface area (Å²) in [7, 11) is 1.66. The quantitative estimate of drug-likeness (QED) is 0.511. The largest absolute Gasteiger partial charge is 0.495 e. The van der Waals surface area contributed by atoms with Crippen LogP contribution in [-0.2, 0) is 0 Å². The van der Waals surface area contributed by atoms with Crippen molar-refractivity contribution >= 4 is 23.5 Å². The van der Waals surface area contributed by atoms with Crippen molar-refractivity contribution in [2.75, 3.05) is 25.1 Å². The Kier molecular flexibility index (Phi) is 3.74. The van der Waals surface area contributed by atoms with Gasteiger partial charge in [0.05, 0.1) is 24.0 Å². The average Bonchev–Trinajstić information content (AvgIpc) is 2.85. The van der Waals surface area contributed by atoms with Gasteiger partial charge in [0, 0.05) is 18.7 Å². The van der Waals surface area contributed by atoms with Crippen molar-refractivity contribution in [1.29, 1.82) is 0 Å². The zero-order valence-electron chi connectivity index (χ0n) is 9.82. The van der Waals surface area contributed by atoms with Crippen LogP contribution in [0.15, 0.2) is 17.2 Å². The fraction of sp³-hybridized carbons (Fsp3) is 0.417. The molecular formula is C12H16ClN3O. The van der Waals surface area contributed by atoms with Crippen molar-refractivity contribution < 1.29 is 4.74 Å². The van der Waals surface area contributed by atoms with Gasteiger partial charge in [0.2, 0.25) is 0 Å². The van der Waals surface area contributed by atoms with E-state index in [0.29, 0.717) is 5.02 Å². The lowest BCUT2D eigenvalue weighted by atomic mass is 10.2. The first kappa shape index (κ1) is 12.0. The first-order chi connectivity index (χ1) is 8.26. The highest BCUT2D eigenvalue weighted by Gasteiger charge is 2.18. The Bertz CT molecular complexity index is 428. The molecule has 1 aromatic rings. The van der Waals surface area contributed by atoms with E-state index in [1.807, 2.05) is 12.1 Å². The average molecular weight is 254 g/mol. The molecule has 5 heteroatoms. The van der Waals surface area contributed by atoms with E-state index in [2.05, 4.69) is 10.0 Å². The summed E-state index contributed by atoms with van der Waals surface area (Å²) in [4.78, 5) is 2.29. The molecule has 0 aliphatic carbocycles. The van der Waals surface area contributed by atoms with Crippen LogP contribution in [-0.4, -0.2) is 26.4 Å². The molecule has 1 aliphatic heterocycles. The van der Waals surface area contributed by atoms with Gasteiger partial charge in [-0.3, -0.25) is 0 Å². The SMILES string of the molecule is COc1cc(C=NN)c(Cl)cc1N1CCCC1. The smallest absolute Gasteiger partial charge is 0.142 e. The molecule has 1 aliphatic rings. The Balaban J connectivity index is 2.41. The first-order valence-electron chi connectivity index (χ1n) is 5.62. The first-order valence-corrected chi connectivity index (χ1v) is 6.00. The Morgan fingerprint density at radius 3 is 2.71 bits per heavy atom. The van der Waals surface area contributed by atoms with Crippen LogP contribution in [0, 0.1) is 0 Å². The molecular weight excluding hydrogens is 238 g/mol. The van der Waals surface area contributed by atoms with Gasteiger partial charge in [-0.25, -0.2) is 0 Å². The molecule has 1 saturated heterocycles. The summed E-state index contributed by atoms with van der Waals surface area (Å²) in [5, 5.41) is 4.13. The lowest BCUT2D eigenvalue weighted by molar-refractivity contribution is 0.415. The highest BCUT2D eigenvalue weighted by Crippen LogP contribution is 2.35. The van der Waals surface area contributed by atoms with E-state index in [9.17, 15) is 0 Å². The summed E-state index contributed by atoms with van der Waals surface area (Å²) in [6, 6.07) is 3.79. The van der Waals surface area contributed by atoms with Crippen molar-refractivity contribution in [3.63, 3.8) is 0 Å². The Morgan fingerprint density at radius 2 is 2.12 bits per heavy atom. The Hall–Kier alpha value is -1.42. The van der Waals surface area contributed by atoms with Gasteiger partial charge in [-0.1, -0.05) is 11.6 Å². The van der Waals surface area contributed by atoms with Crippen molar-refractivity contribution in [2.45, 2.75) is 12.8 Å². The predicted molar refractivity (Wildman–Crippen MR) is 71.2 cm³/mol. The molecule has 0 unspecified atom stereocenters. The van der Waals surface area contributed by atoms with Gasteiger partial charge in [-0.2, -0.15) is 5.10 Å². The summed E-state index contributed by atoms with van der Waals surface area (Å²) >= 11 is 6.19. The minimum absolute atomic E-state index is 0.641. The molecule has 0 bridgehead atoms. The fourth-order valence-electron chi connectivity index (χ4n) is 2.11. The zero-order chi connectivity index (χ0) is 12.3. The number of methoxy groups -OCH3 is 1. The highest BCUT2D eigenvalue weighted by molar-refractivity contribution is 6.33. The summed E-state index contributed by atoms with van der Waals surface area (Å²) in [5.41, 5.74) is 1.82. The summed E-state index contributed by atoms with van der Waals surface area (Å²) in [6.45, 7) is 2.11. The normalized spacial score (nSPS) is 15.8. The second-order valence-electron chi connectivity index (χ2n) is 4.02. The van der Waals surface area contributed by atoms with Crippen molar-refractivity contribution in [1.82, 2.24) is 0 Å². The Morgan fingerprint density at radius 1 is 1.41 bits per heavy atom. The van der Waals surface area contributed by atoms with Crippen LogP contribution in [0.3, 0.4) is 0 Å². The van der Waals surface area contributed by atoms with Crippen LogP contribution in [0.2, 0.25) is 5.02 Å². The minimum atomic E-state index is 0.641. The molecule has 17 heavy (non-hydrogen) atoms. The van der Waals surface area contributed by atoms with E-state index >= 15 is 0 Å². The van der Waals surface area contributed by atoms with E-state index in [0.717, 1.165) is 30.1 Å². The maximum absolute atomic E-state index is 6.19. The number of halogens is 1. The van der Waals surface area contributed by atoms with Crippen LogP contribution in [0.25, 0.3) is 0 Å². The Labute approximate surface area is 106 Å². The molecule has 1 heterocycles. The third-order valence-corrected chi connectivity index (χ3v) is 3.29. The van der Waals surface area contributed by atoms with Gasteiger partial charge in [0.25, 0.3) is 0 Å². The highest BCUT2D eigenvalue weighted by atomic mass is 35.5. The number of anilines is 1. The van der Waals surface area contributed by atoms with Gasteiger partial charge >= 0.3 is 0 Å². The van der Waals surface area contributed by atoms with E-state index in [1.165, 1.54) is 19.1 Å². The fourth-order valence-corrected chi connectivity index (χ4v) is 2.31. The lowest BCUT2D eigenvalue weighted by Crippen LogP contribution is -2.18. The summed E-state index contributed by atoms with van der Waals surface area (Å²) < 4.78 is 5.40. The molecule has 0 radical (unpaired) electrons. The third-order valence-electron chi connectivity index (χ3n) is 2.96. The predicted octanol–water partition coefficient (Wildman–Crippen LogP) is 2.24. The number of hydrogen-bond acceptors (Lipinski definition) is 4. The number of hydrogen-bond donors (Lipinski definition) is 1. The van der Waals surface area contributed by atoms with Crippen molar-refractivity contribution in [3.8, 4) is 5.75 Å². The lowest BCUT2D eigenvalue weighted by Gasteiger charge is -2.21. The number of rotatable bonds is 3. The molecule has 0 spiro atoms. The maximum atomic E-state index is 6.19. The molecule has 0 saturated carbocycles. The zero-order valence-corrected chi connectivity index (χ0v) is 10.6. The molecule has 0 atom stereocenters. The standard InChI is InChI=1S/C12H16ClN3O/c1-17-12-6-9(8-15-14)10(13)7-11(12)16-4-2-3-5-16/h6-8H,2-5,14H2,1H3. The van der Waals surface area contributed by atoms with Crippen molar-refractivity contribution in [2.24, 2.45) is 10.9 Å². The van der Waals surface area contributed by atoms with Gasteiger partial charge in [0.1, 0.15) is 5.75 Å². The maximum Gasteiger partial charge on any atom is 0.142 e. The van der Waals surface area contributed by atoms with Gasteiger partial charge in [-0.05, 0) is 25.0 Å². The van der Waals surface area contributed by atoms with Crippen LogP contribution >= 0.6 is 11.6 Å². The van der Waals surface area contributed by atoms with Crippen molar-refractivity contribution in [3.05, 3.63) is 22.7 Å². The van der Waals surface area contributed by atoms with E-state index < -0.39 is 0 Å². The second kappa shape index (κ2) is 5.27. The van der Waals surface area contributed by atoms with Gasteiger partial charge in [0.15, 0.2) is 0 Å². The van der Waals surface area contributed by atoms with Crippen LogP contribution in [0.5, 0.6) is 5.75 Å². The number of hydrazone groups is 1. The van der Waals surface area contributed by atoms with E-state index in [4.69, 9.17) is 22.2 Å². The minimum Gasteiger partial charge on any atom is -0.495 e. The van der Waals surface area contributed by atoms with Gasteiger partial charge in [-0.15, -0.1) is 0 Å².